The van der Waals surface area contributed by atoms with E-state index in [0.29, 0.717) is 17.1 Å². The van der Waals surface area contributed by atoms with Crippen molar-refractivity contribution in [1.29, 1.82) is 0 Å². The molecule has 0 radical (unpaired) electrons. The minimum absolute atomic E-state index is 0.000351. The zero-order valence-electron chi connectivity index (χ0n) is 16.6. The average molecular weight is 489 g/mol. The van der Waals surface area contributed by atoms with Crippen molar-refractivity contribution in [1.82, 2.24) is 0 Å². The first-order chi connectivity index (χ1) is 15.0. The van der Waals surface area contributed by atoms with Crippen molar-refractivity contribution >= 4 is 27.8 Å². The van der Waals surface area contributed by atoms with Gasteiger partial charge in [0.2, 0.25) is 0 Å². The molecule has 0 aliphatic heterocycles. The van der Waals surface area contributed by atoms with Gasteiger partial charge in [-0.1, -0.05) is 24.3 Å². The Balaban J connectivity index is 1.70. The predicted molar refractivity (Wildman–Crippen MR) is 118 cm³/mol. The number of rotatable bonds is 9. The number of allylic oxidation sites excluding steroid dienone is 1. The molecule has 0 aliphatic carbocycles. The van der Waals surface area contributed by atoms with E-state index in [-0.39, 0.29) is 18.1 Å². The number of hydrogen-bond donors (Lipinski definition) is 0. The third-order valence-corrected chi connectivity index (χ3v) is 4.97. The molecule has 0 N–H and O–H groups in total. The van der Waals surface area contributed by atoms with Crippen molar-refractivity contribution < 1.29 is 27.8 Å². The molecule has 0 spiro atoms. The second-order valence-corrected chi connectivity index (χ2v) is 7.25. The molecular formula is C24H19BrF2O4. The van der Waals surface area contributed by atoms with E-state index in [4.69, 9.17) is 9.47 Å². The van der Waals surface area contributed by atoms with Gasteiger partial charge in [-0.05, 0) is 76.1 Å². The van der Waals surface area contributed by atoms with Crippen LogP contribution in [0.1, 0.15) is 21.5 Å². The molecule has 0 heterocycles. The number of hydrogen-bond acceptors (Lipinski definition) is 4. The number of alkyl halides is 2. The van der Waals surface area contributed by atoms with Crippen molar-refractivity contribution in [2.75, 3.05) is 7.11 Å². The summed E-state index contributed by atoms with van der Waals surface area (Å²) in [7, 11) is 1.58. The maximum Gasteiger partial charge on any atom is 0.387 e. The number of benzene rings is 3. The van der Waals surface area contributed by atoms with Crippen LogP contribution in [0, 0.1) is 0 Å². The van der Waals surface area contributed by atoms with Crippen molar-refractivity contribution in [3.8, 4) is 17.2 Å². The number of para-hydroxylation sites is 1. The first-order valence-electron chi connectivity index (χ1n) is 9.28. The maximum atomic E-state index is 12.4. The molecular weight excluding hydrogens is 470 g/mol. The lowest BCUT2D eigenvalue weighted by molar-refractivity contribution is -0.0498. The van der Waals surface area contributed by atoms with Crippen LogP contribution in [0.3, 0.4) is 0 Å². The highest BCUT2D eigenvalue weighted by Gasteiger charge is 2.08. The molecule has 31 heavy (non-hydrogen) atoms. The third kappa shape index (κ3) is 6.39. The lowest BCUT2D eigenvalue weighted by Crippen LogP contribution is -2.02. The summed E-state index contributed by atoms with van der Waals surface area (Å²) in [6, 6.07) is 18.6. The Bertz CT molecular complexity index is 1070. The number of halogens is 3. The average Bonchev–Trinajstić information content (AvgIpc) is 2.77. The normalized spacial score (nSPS) is 11.0. The Morgan fingerprint density at radius 2 is 1.77 bits per heavy atom. The van der Waals surface area contributed by atoms with E-state index in [0.717, 1.165) is 15.6 Å². The van der Waals surface area contributed by atoms with Crippen LogP contribution >= 0.6 is 15.9 Å². The van der Waals surface area contributed by atoms with Crippen LogP contribution < -0.4 is 14.2 Å². The molecule has 0 bridgehead atoms. The molecule has 0 amide bonds. The molecule has 3 aromatic carbocycles. The lowest BCUT2D eigenvalue weighted by Gasteiger charge is -2.12. The van der Waals surface area contributed by atoms with Crippen LogP contribution in [0.2, 0.25) is 0 Å². The van der Waals surface area contributed by atoms with Gasteiger partial charge in [0.25, 0.3) is 0 Å². The minimum Gasteiger partial charge on any atom is -0.496 e. The Morgan fingerprint density at radius 1 is 1.03 bits per heavy atom. The minimum atomic E-state index is -2.90. The van der Waals surface area contributed by atoms with E-state index in [1.165, 1.54) is 30.3 Å². The highest BCUT2D eigenvalue weighted by atomic mass is 79.9. The molecule has 3 rings (SSSR count). The molecule has 160 valence electrons. The maximum absolute atomic E-state index is 12.4. The highest BCUT2D eigenvalue weighted by Crippen LogP contribution is 2.27. The van der Waals surface area contributed by atoms with Crippen molar-refractivity contribution in [2.24, 2.45) is 0 Å². The van der Waals surface area contributed by atoms with Gasteiger partial charge in [0.1, 0.15) is 23.9 Å². The first-order valence-corrected chi connectivity index (χ1v) is 10.1. The van der Waals surface area contributed by atoms with Gasteiger partial charge in [-0.3, -0.25) is 4.79 Å². The highest BCUT2D eigenvalue weighted by molar-refractivity contribution is 9.10. The largest absolute Gasteiger partial charge is 0.496 e. The molecule has 0 atom stereocenters. The van der Waals surface area contributed by atoms with Gasteiger partial charge in [0.15, 0.2) is 5.78 Å². The number of ether oxygens (including phenoxy) is 3. The van der Waals surface area contributed by atoms with Gasteiger partial charge in [-0.25, -0.2) is 0 Å². The molecule has 3 aromatic rings. The number of carbonyl (C=O) groups is 1. The fourth-order valence-electron chi connectivity index (χ4n) is 2.80. The number of methoxy groups -OCH3 is 1. The molecule has 0 saturated heterocycles. The standard InChI is InChI=1S/C24H19BrF2O4/c1-29-22-13-7-16(14-18(22)15-30-23-5-3-2-4-20(23)25)6-12-21(28)17-8-10-19(11-9-17)31-24(26)27/h2-14,24H,15H2,1H3/b12-6+. The van der Waals surface area contributed by atoms with E-state index >= 15 is 0 Å². The van der Waals surface area contributed by atoms with E-state index in [2.05, 4.69) is 20.7 Å². The molecule has 0 unspecified atom stereocenters. The molecule has 0 saturated carbocycles. The van der Waals surface area contributed by atoms with Crippen LogP contribution in [0.4, 0.5) is 8.78 Å². The zero-order chi connectivity index (χ0) is 22.2. The SMILES string of the molecule is COc1ccc(/C=C/C(=O)c2ccc(OC(F)F)cc2)cc1COc1ccccc1Br. The van der Waals surface area contributed by atoms with Gasteiger partial charge in [0, 0.05) is 11.1 Å². The van der Waals surface area contributed by atoms with Crippen LogP contribution in [0.25, 0.3) is 6.08 Å². The van der Waals surface area contributed by atoms with Crippen molar-refractivity contribution in [3.05, 3.63) is 94.0 Å². The van der Waals surface area contributed by atoms with Gasteiger partial charge in [0.05, 0.1) is 11.6 Å². The van der Waals surface area contributed by atoms with Crippen LogP contribution in [0.15, 0.2) is 77.3 Å². The van der Waals surface area contributed by atoms with E-state index in [9.17, 15) is 13.6 Å². The summed E-state index contributed by atoms with van der Waals surface area (Å²) >= 11 is 3.45. The van der Waals surface area contributed by atoms with E-state index < -0.39 is 6.61 Å². The fourth-order valence-corrected chi connectivity index (χ4v) is 3.20. The summed E-state index contributed by atoms with van der Waals surface area (Å²) in [5.74, 6) is 1.12. The van der Waals surface area contributed by atoms with Crippen LogP contribution in [0.5, 0.6) is 17.2 Å². The summed E-state index contributed by atoms with van der Waals surface area (Å²) in [4.78, 5) is 12.4. The van der Waals surface area contributed by atoms with Gasteiger partial charge < -0.3 is 14.2 Å². The third-order valence-electron chi connectivity index (χ3n) is 4.32. The van der Waals surface area contributed by atoms with Gasteiger partial charge >= 0.3 is 6.61 Å². The first kappa shape index (κ1) is 22.5. The van der Waals surface area contributed by atoms with Crippen LogP contribution in [-0.2, 0) is 6.61 Å². The Hall–Kier alpha value is -3.19. The molecule has 4 nitrogen and oxygen atoms in total. The Labute approximate surface area is 187 Å². The van der Waals surface area contributed by atoms with Gasteiger partial charge in [-0.15, -0.1) is 0 Å². The Morgan fingerprint density at radius 3 is 2.45 bits per heavy atom. The molecule has 7 heteroatoms. The van der Waals surface area contributed by atoms with Crippen molar-refractivity contribution in [2.45, 2.75) is 13.2 Å². The van der Waals surface area contributed by atoms with Crippen LogP contribution in [-0.4, -0.2) is 19.5 Å². The topological polar surface area (TPSA) is 44.8 Å². The van der Waals surface area contributed by atoms with Gasteiger partial charge in [-0.2, -0.15) is 8.78 Å². The summed E-state index contributed by atoms with van der Waals surface area (Å²) in [5, 5.41) is 0. The molecule has 0 fully saturated rings. The van der Waals surface area contributed by atoms with E-state index in [1.807, 2.05) is 36.4 Å². The Kier molecular flexibility index (Phi) is 7.78. The second-order valence-electron chi connectivity index (χ2n) is 6.39. The number of ketones is 1. The monoisotopic (exact) mass is 488 g/mol. The molecule has 0 aliphatic rings. The predicted octanol–water partition coefficient (Wildman–Crippen LogP) is 6.53. The fraction of sp³-hybridized carbons (Fsp3) is 0.125. The summed E-state index contributed by atoms with van der Waals surface area (Å²) in [6.45, 7) is -2.62. The second kappa shape index (κ2) is 10.7. The smallest absolute Gasteiger partial charge is 0.387 e. The molecule has 0 aromatic heterocycles. The summed E-state index contributed by atoms with van der Waals surface area (Å²) in [6.07, 6.45) is 3.09. The zero-order valence-corrected chi connectivity index (χ0v) is 18.1. The van der Waals surface area contributed by atoms with Crippen molar-refractivity contribution in [3.63, 3.8) is 0 Å². The summed E-state index contributed by atoms with van der Waals surface area (Å²) in [5.41, 5.74) is 1.97. The number of carbonyl (C=O) groups excluding carboxylic acids is 1. The summed E-state index contributed by atoms with van der Waals surface area (Å²) < 4.78 is 40.9. The lowest BCUT2D eigenvalue weighted by atomic mass is 10.1. The van der Waals surface area contributed by atoms with E-state index in [1.54, 1.807) is 19.3 Å². The quantitative estimate of drug-likeness (QED) is 0.253.